The van der Waals surface area contributed by atoms with Crippen molar-refractivity contribution in [3.63, 3.8) is 0 Å². The summed E-state index contributed by atoms with van der Waals surface area (Å²) >= 11 is 6.07. The van der Waals surface area contributed by atoms with Gasteiger partial charge in [0.15, 0.2) is 5.78 Å². The number of ketones is 1. The summed E-state index contributed by atoms with van der Waals surface area (Å²) in [5.41, 5.74) is 1.15. The maximum absolute atomic E-state index is 12.6. The second kappa shape index (κ2) is 8.06. The monoisotopic (exact) mass is 347 g/mol. The molecule has 0 saturated carbocycles. The number of methoxy groups -OCH3 is 1. The van der Waals surface area contributed by atoms with Gasteiger partial charge in [0.2, 0.25) is 6.29 Å². The van der Waals surface area contributed by atoms with Crippen molar-refractivity contribution in [2.75, 3.05) is 12.0 Å². The molecule has 0 aliphatic carbocycles. The lowest BCUT2D eigenvalue weighted by molar-refractivity contribution is -0.148. The normalized spacial score (nSPS) is 11.8. The van der Waals surface area contributed by atoms with Gasteiger partial charge < -0.3 is 9.84 Å². The fraction of sp³-hybridized carbons (Fsp3) is 0.222. The highest BCUT2D eigenvalue weighted by atomic mass is 35.5. The summed E-state index contributed by atoms with van der Waals surface area (Å²) in [6.07, 6.45) is -1.38. The lowest BCUT2D eigenvalue weighted by Crippen LogP contribution is -2.37. The molecule has 5 nitrogen and oxygen atoms in total. The first kappa shape index (κ1) is 18.1. The van der Waals surface area contributed by atoms with E-state index in [-0.39, 0.29) is 12.2 Å². The highest BCUT2D eigenvalue weighted by Gasteiger charge is 2.28. The molecule has 0 heterocycles. The van der Waals surface area contributed by atoms with Gasteiger partial charge in [-0.1, -0.05) is 36.7 Å². The Bertz CT molecular complexity index is 733. The molecule has 0 radical (unpaired) electrons. The van der Waals surface area contributed by atoms with Gasteiger partial charge in [0.1, 0.15) is 0 Å². The summed E-state index contributed by atoms with van der Waals surface area (Å²) in [7, 11) is 1.22. The van der Waals surface area contributed by atoms with Gasteiger partial charge in [0.25, 0.3) is 5.91 Å². The highest BCUT2D eigenvalue weighted by molar-refractivity contribution is 6.31. The molecule has 0 fully saturated rings. The van der Waals surface area contributed by atoms with Gasteiger partial charge in [-0.05, 0) is 30.3 Å². The smallest absolute Gasteiger partial charge is 0.288 e. The molecule has 2 aromatic carbocycles. The highest BCUT2D eigenvalue weighted by Crippen LogP contribution is 2.32. The second-order valence-corrected chi connectivity index (χ2v) is 5.47. The minimum atomic E-state index is -1.66. The van der Waals surface area contributed by atoms with E-state index in [1.54, 1.807) is 49.4 Å². The maximum Gasteiger partial charge on any atom is 0.288 e. The van der Waals surface area contributed by atoms with Crippen molar-refractivity contribution in [2.45, 2.75) is 19.6 Å². The number of carbonyl (C=O) groups excluding carboxylic acids is 2. The first-order valence-electron chi connectivity index (χ1n) is 7.42. The largest absolute Gasteiger partial charge is 0.360 e. The Morgan fingerprint density at radius 2 is 1.88 bits per heavy atom. The predicted octanol–water partition coefficient (Wildman–Crippen LogP) is 3.56. The Morgan fingerprint density at radius 1 is 1.21 bits per heavy atom. The summed E-state index contributed by atoms with van der Waals surface area (Å²) in [5.74, 6) is -0.849. The molecule has 24 heavy (non-hydrogen) atoms. The molecule has 1 unspecified atom stereocenters. The van der Waals surface area contributed by atoms with Crippen molar-refractivity contribution in [2.24, 2.45) is 0 Å². The molecule has 0 aliphatic heterocycles. The van der Waals surface area contributed by atoms with Crippen LogP contribution in [0.4, 0.5) is 11.4 Å². The summed E-state index contributed by atoms with van der Waals surface area (Å²) in [6, 6.07) is 13.4. The molecular formula is C18H18ClNO4. The molecule has 0 bridgehead atoms. The standard InChI is InChI=1S/C18H18ClNO4/c1-3-16(21)14-10-9-12(19)11-15(14)20(17(22)18(23)24-2)13-7-5-4-6-8-13/h4-11,18,23H,3H2,1-2H3. The number of aliphatic hydroxyl groups is 1. The van der Waals surface area contributed by atoms with E-state index in [4.69, 9.17) is 16.3 Å². The van der Waals surface area contributed by atoms with Crippen LogP contribution in [0.3, 0.4) is 0 Å². The van der Waals surface area contributed by atoms with E-state index in [2.05, 4.69) is 0 Å². The summed E-state index contributed by atoms with van der Waals surface area (Å²) in [6.45, 7) is 1.74. The van der Waals surface area contributed by atoms with E-state index in [0.717, 1.165) is 0 Å². The topological polar surface area (TPSA) is 66.8 Å². The van der Waals surface area contributed by atoms with Gasteiger partial charge in [-0.15, -0.1) is 0 Å². The Kier molecular flexibility index (Phi) is 6.09. The molecule has 0 spiro atoms. The van der Waals surface area contributed by atoms with Crippen LogP contribution in [0.15, 0.2) is 48.5 Å². The van der Waals surface area contributed by atoms with Gasteiger partial charge in [-0.3, -0.25) is 14.5 Å². The summed E-state index contributed by atoms with van der Waals surface area (Å²) in [5, 5.41) is 10.2. The van der Waals surface area contributed by atoms with Crippen LogP contribution in [0.2, 0.25) is 5.02 Å². The molecular weight excluding hydrogens is 330 g/mol. The zero-order valence-electron chi connectivity index (χ0n) is 13.4. The molecule has 1 N–H and O–H groups in total. The SMILES string of the molecule is CCC(=O)c1ccc(Cl)cc1N(C(=O)C(O)OC)c1ccccc1. The molecule has 0 saturated heterocycles. The number of rotatable bonds is 6. The van der Waals surface area contributed by atoms with Crippen molar-refractivity contribution < 1.29 is 19.4 Å². The lowest BCUT2D eigenvalue weighted by Gasteiger charge is -2.26. The number of Topliss-reactive ketones (excluding diaryl/α,β-unsaturated/α-hetero) is 1. The third kappa shape index (κ3) is 3.82. The van der Waals surface area contributed by atoms with E-state index in [0.29, 0.717) is 22.0 Å². The van der Waals surface area contributed by atoms with Gasteiger partial charge in [-0.25, -0.2) is 0 Å². The average molecular weight is 348 g/mol. The number of ether oxygens (including phenoxy) is 1. The van der Waals surface area contributed by atoms with E-state index < -0.39 is 12.2 Å². The number of carbonyl (C=O) groups is 2. The number of para-hydroxylation sites is 1. The van der Waals surface area contributed by atoms with E-state index in [9.17, 15) is 14.7 Å². The van der Waals surface area contributed by atoms with Crippen LogP contribution in [-0.4, -0.2) is 30.2 Å². The van der Waals surface area contributed by atoms with Crippen molar-refractivity contribution >= 4 is 34.7 Å². The molecule has 2 aromatic rings. The molecule has 2 rings (SSSR count). The van der Waals surface area contributed by atoms with Crippen LogP contribution in [0, 0.1) is 0 Å². The molecule has 0 aliphatic rings. The van der Waals surface area contributed by atoms with Crippen LogP contribution in [0.1, 0.15) is 23.7 Å². The van der Waals surface area contributed by atoms with Crippen LogP contribution in [0.25, 0.3) is 0 Å². The van der Waals surface area contributed by atoms with Crippen LogP contribution < -0.4 is 4.90 Å². The Hall–Kier alpha value is -2.21. The Balaban J connectivity index is 2.66. The fourth-order valence-electron chi connectivity index (χ4n) is 2.29. The van der Waals surface area contributed by atoms with Crippen LogP contribution >= 0.6 is 11.6 Å². The van der Waals surface area contributed by atoms with Crippen LogP contribution in [0.5, 0.6) is 0 Å². The number of nitrogens with zero attached hydrogens (tertiary/aromatic N) is 1. The second-order valence-electron chi connectivity index (χ2n) is 5.04. The van der Waals surface area contributed by atoms with Crippen molar-refractivity contribution in [1.29, 1.82) is 0 Å². The number of aliphatic hydroxyl groups excluding tert-OH is 1. The first-order valence-corrected chi connectivity index (χ1v) is 7.80. The third-order valence-electron chi connectivity index (χ3n) is 3.49. The van der Waals surface area contributed by atoms with Crippen LogP contribution in [-0.2, 0) is 9.53 Å². The quantitative estimate of drug-likeness (QED) is 0.641. The maximum atomic E-state index is 12.6. The van der Waals surface area contributed by atoms with E-state index in [1.807, 2.05) is 0 Å². The Morgan fingerprint density at radius 3 is 2.46 bits per heavy atom. The number of anilines is 2. The number of hydrogen-bond acceptors (Lipinski definition) is 4. The predicted molar refractivity (Wildman–Crippen MR) is 92.7 cm³/mol. The zero-order chi connectivity index (χ0) is 17.7. The van der Waals surface area contributed by atoms with E-state index in [1.165, 1.54) is 18.1 Å². The molecule has 0 aromatic heterocycles. The van der Waals surface area contributed by atoms with Gasteiger partial charge in [-0.2, -0.15) is 0 Å². The number of benzene rings is 2. The number of amides is 1. The number of hydrogen-bond donors (Lipinski definition) is 1. The number of halogens is 1. The summed E-state index contributed by atoms with van der Waals surface area (Å²) in [4.78, 5) is 26.2. The van der Waals surface area contributed by atoms with Crippen molar-refractivity contribution in [1.82, 2.24) is 0 Å². The molecule has 1 amide bonds. The zero-order valence-corrected chi connectivity index (χ0v) is 14.2. The Labute approximate surface area is 145 Å². The summed E-state index contributed by atoms with van der Waals surface area (Å²) < 4.78 is 4.74. The molecule has 6 heteroatoms. The van der Waals surface area contributed by atoms with Gasteiger partial charge in [0, 0.05) is 29.8 Å². The molecule has 1 atom stereocenters. The van der Waals surface area contributed by atoms with Crippen molar-refractivity contribution in [3.05, 3.63) is 59.1 Å². The minimum Gasteiger partial charge on any atom is -0.360 e. The first-order chi connectivity index (χ1) is 11.5. The van der Waals surface area contributed by atoms with Crippen molar-refractivity contribution in [3.8, 4) is 0 Å². The average Bonchev–Trinajstić information content (AvgIpc) is 2.61. The minimum absolute atomic E-state index is 0.137. The van der Waals surface area contributed by atoms with Gasteiger partial charge >= 0.3 is 0 Å². The fourth-order valence-corrected chi connectivity index (χ4v) is 2.46. The third-order valence-corrected chi connectivity index (χ3v) is 3.73. The van der Waals surface area contributed by atoms with E-state index >= 15 is 0 Å². The lowest BCUT2D eigenvalue weighted by atomic mass is 10.0. The van der Waals surface area contributed by atoms with Gasteiger partial charge in [0.05, 0.1) is 5.69 Å². The molecule has 126 valence electrons.